The van der Waals surface area contributed by atoms with Crippen molar-refractivity contribution < 1.29 is 19.3 Å². The summed E-state index contributed by atoms with van der Waals surface area (Å²) in [6.07, 6.45) is 3.05. The topological polar surface area (TPSA) is 88.4 Å². The number of pyridine rings is 1. The number of hydrogen-bond acceptors (Lipinski definition) is 8. The molecule has 0 fully saturated rings. The number of aliphatic hydroxyl groups excluding tert-OH is 1. The van der Waals surface area contributed by atoms with Crippen molar-refractivity contribution in [3.63, 3.8) is 0 Å². The molecule has 0 spiro atoms. The molecule has 2 unspecified atom stereocenters. The van der Waals surface area contributed by atoms with Crippen molar-refractivity contribution in [1.82, 2.24) is 15.2 Å². The van der Waals surface area contributed by atoms with Gasteiger partial charge in [-0.25, -0.2) is 4.98 Å². The molecular weight excluding hydrogens is 480 g/mol. The Morgan fingerprint density at radius 3 is 2.97 bits per heavy atom. The summed E-state index contributed by atoms with van der Waals surface area (Å²) < 4.78 is 17.5. The molecule has 2 N–H and O–H groups in total. The van der Waals surface area contributed by atoms with Crippen molar-refractivity contribution >= 4 is 11.6 Å². The van der Waals surface area contributed by atoms with Crippen LogP contribution in [-0.2, 0) is 17.7 Å². The lowest BCUT2D eigenvalue weighted by atomic mass is 9.94. The Bertz CT molecular complexity index is 1430. The zero-order valence-corrected chi connectivity index (χ0v) is 20.8. The van der Waals surface area contributed by atoms with Crippen LogP contribution in [0.5, 0.6) is 11.6 Å². The van der Waals surface area contributed by atoms with Gasteiger partial charge in [0, 0.05) is 36.5 Å². The standard InChI is InChI=1S/C30H28N4O4/c35-30-33-28(36-19-24-20-37-29-27(38-24)9-5-14-32-29)17-26-25-11-10-21(16-23(25)12-15-34(26)30)8-4-13-31-18-22-6-2-1-3-7-22/h1-3,5-7,9-11,14,16-17,24,30-31,35H,12-13,15,18-20H2. The van der Waals surface area contributed by atoms with Crippen LogP contribution in [0.1, 0.15) is 22.3 Å². The van der Waals surface area contributed by atoms with Gasteiger partial charge in [0.25, 0.3) is 5.88 Å². The molecule has 38 heavy (non-hydrogen) atoms. The van der Waals surface area contributed by atoms with Gasteiger partial charge in [-0.15, -0.1) is 0 Å². The fourth-order valence-corrected chi connectivity index (χ4v) is 4.69. The maximum absolute atomic E-state index is 10.7. The lowest BCUT2D eigenvalue weighted by Crippen LogP contribution is -2.41. The summed E-state index contributed by atoms with van der Waals surface area (Å²) in [5, 5.41) is 14.1. The Morgan fingerprint density at radius 1 is 1.13 bits per heavy atom. The lowest BCUT2D eigenvalue weighted by molar-refractivity contribution is 0.0348. The third kappa shape index (κ3) is 5.35. The number of aliphatic imine (C=N–C) groups is 1. The fourth-order valence-electron chi connectivity index (χ4n) is 4.69. The summed E-state index contributed by atoms with van der Waals surface area (Å²) in [4.78, 5) is 10.4. The largest absolute Gasteiger partial charge is 0.478 e. The van der Waals surface area contributed by atoms with Gasteiger partial charge in [0.2, 0.25) is 12.2 Å². The minimum Gasteiger partial charge on any atom is -0.478 e. The lowest BCUT2D eigenvalue weighted by Gasteiger charge is -2.37. The Morgan fingerprint density at radius 2 is 2.05 bits per heavy atom. The molecule has 0 amide bonds. The van der Waals surface area contributed by atoms with Crippen molar-refractivity contribution in [2.24, 2.45) is 4.99 Å². The number of benzene rings is 2. The van der Waals surface area contributed by atoms with E-state index in [1.807, 2.05) is 41.3 Å². The Kier molecular flexibility index (Phi) is 6.94. The summed E-state index contributed by atoms with van der Waals surface area (Å²) in [7, 11) is 0. The average molecular weight is 509 g/mol. The molecule has 3 aliphatic rings. The average Bonchev–Trinajstić information content (AvgIpc) is 2.96. The number of hydrogen-bond donors (Lipinski definition) is 2. The molecule has 8 heteroatoms. The second-order valence-corrected chi connectivity index (χ2v) is 9.22. The predicted molar refractivity (Wildman–Crippen MR) is 143 cm³/mol. The van der Waals surface area contributed by atoms with Gasteiger partial charge in [0.1, 0.15) is 13.2 Å². The molecule has 3 aromatic rings. The monoisotopic (exact) mass is 508 g/mol. The molecule has 192 valence electrons. The van der Waals surface area contributed by atoms with E-state index in [-0.39, 0.29) is 12.7 Å². The van der Waals surface area contributed by atoms with Crippen LogP contribution in [0.25, 0.3) is 5.70 Å². The molecule has 0 saturated heterocycles. The molecule has 0 saturated carbocycles. The molecule has 1 aromatic heterocycles. The highest BCUT2D eigenvalue weighted by Crippen LogP contribution is 2.33. The van der Waals surface area contributed by atoms with Crippen molar-refractivity contribution in [3.8, 4) is 23.5 Å². The zero-order valence-electron chi connectivity index (χ0n) is 20.8. The van der Waals surface area contributed by atoms with E-state index in [0.717, 1.165) is 29.8 Å². The number of nitrogens with zero attached hydrogens (tertiary/aromatic N) is 3. The van der Waals surface area contributed by atoms with Crippen LogP contribution in [0.4, 0.5) is 0 Å². The second-order valence-electron chi connectivity index (χ2n) is 9.22. The minimum atomic E-state index is -0.998. The molecule has 0 aliphatic carbocycles. The van der Waals surface area contributed by atoms with Crippen molar-refractivity contribution in [3.05, 3.63) is 95.2 Å². The van der Waals surface area contributed by atoms with Gasteiger partial charge in [0.05, 0.1) is 12.2 Å². The molecule has 3 aliphatic heterocycles. The normalized spacial score (nSPS) is 19.2. The third-order valence-electron chi connectivity index (χ3n) is 6.57. The maximum atomic E-state index is 10.7. The molecule has 2 aromatic carbocycles. The first-order valence-corrected chi connectivity index (χ1v) is 12.7. The third-order valence-corrected chi connectivity index (χ3v) is 6.57. The maximum Gasteiger partial charge on any atom is 0.257 e. The van der Waals surface area contributed by atoms with Crippen LogP contribution in [0.15, 0.2) is 77.9 Å². The van der Waals surface area contributed by atoms with E-state index in [2.05, 4.69) is 51.4 Å². The Labute approximate surface area is 221 Å². The van der Waals surface area contributed by atoms with E-state index >= 15 is 0 Å². The van der Waals surface area contributed by atoms with E-state index in [0.29, 0.717) is 37.2 Å². The van der Waals surface area contributed by atoms with Crippen LogP contribution in [0.2, 0.25) is 0 Å². The number of ether oxygens (including phenoxy) is 3. The van der Waals surface area contributed by atoms with E-state index in [1.165, 1.54) is 11.1 Å². The van der Waals surface area contributed by atoms with Crippen LogP contribution in [0, 0.1) is 11.8 Å². The van der Waals surface area contributed by atoms with Gasteiger partial charge < -0.3 is 29.5 Å². The summed E-state index contributed by atoms with van der Waals surface area (Å²) in [6, 6.07) is 20.1. The van der Waals surface area contributed by atoms with Crippen LogP contribution in [0.3, 0.4) is 0 Å². The highest BCUT2D eigenvalue weighted by molar-refractivity contribution is 5.97. The summed E-state index contributed by atoms with van der Waals surface area (Å²) in [6.45, 7) is 2.64. The number of nitrogens with one attached hydrogen (secondary N) is 1. The number of aliphatic hydroxyl groups is 1. The molecule has 0 radical (unpaired) electrons. The van der Waals surface area contributed by atoms with E-state index in [9.17, 15) is 5.11 Å². The van der Waals surface area contributed by atoms with E-state index in [4.69, 9.17) is 14.2 Å². The summed E-state index contributed by atoms with van der Waals surface area (Å²) >= 11 is 0. The highest BCUT2D eigenvalue weighted by atomic mass is 16.6. The molecule has 8 nitrogen and oxygen atoms in total. The Balaban J connectivity index is 1.09. The molecule has 2 atom stereocenters. The molecule has 6 rings (SSSR count). The van der Waals surface area contributed by atoms with Crippen LogP contribution < -0.4 is 14.8 Å². The first kappa shape index (κ1) is 24.0. The number of aromatic nitrogens is 1. The van der Waals surface area contributed by atoms with Gasteiger partial charge in [-0.2, -0.15) is 4.99 Å². The minimum absolute atomic E-state index is 0.239. The first-order valence-electron chi connectivity index (χ1n) is 12.7. The SMILES string of the molecule is OC1N=C(OCC2COc3ncccc3O2)C=C2c3ccc(C#CCNCc4ccccc4)cc3CCN21. The van der Waals surface area contributed by atoms with E-state index < -0.39 is 6.35 Å². The fraction of sp³-hybridized carbons (Fsp3) is 0.267. The van der Waals surface area contributed by atoms with Gasteiger partial charge in [-0.1, -0.05) is 48.2 Å². The van der Waals surface area contributed by atoms with E-state index in [1.54, 1.807) is 12.3 Å². The zero-order chi connectivity index (χ0) is 25.7. The molecular formula is C30H28N4O4. The van der Waals surface area contributed by atoms with Gasteiger partial charge in [0.15, 0.2) is 11.9 Å². The van der Waals surface area contributed by atoms with Crippen molar-refractivity contribution in [2.75, 3.05) is 26.3 Å². The molecule has 4 heterocycles. The quantitative estimate of drug-likeness (QED) is 0.405. The number of rotatable bonds is 5. The van der Waals surface area contributed by atoms with Crippen LogP contribution in [-0.4, -0.2) is 59.6 Å². The van der Waals surface area contributed by atoms with Crippen LogP contribution >= 0.6 is 0 Å². The smallest absolute Gasteiger partial charge is 0.257 e. The molecule has 0 bridgehead atoms. The second kappa shape index (κ2) is 11.0. The Hall–Kier alpha value is -4.32. The van der Waals surface area contributed by atoms with Gasteiger partial charge >= 0.3 is 0 Å². The number of fused-ring (bicyclic) bond motifs is 4. The summed E-state index contributed by atoms with van der Waals surface area (Å²) in [5.74, 6) is 7.92. The highest BCUT2D eigenvalue weighted by Gasteiger charge is 2.30. The van der Waals surface area contributed by atoms with Gasteiger partial charge in [-0.3, -0.25) is 0 Å². The predicted octanol–water partition coefficient (Wildman–Crippen LogP) is 2.97. The van der Waals surface area contributed by atoms with Crippen molar-refractivity contribution in [1.29, 1.82) is 0 Å². The summed E-state index contributed by atoms with van der Waals surface area (Å²) in [5.41, 5.74) is 5.35. The van der Waals surface area contributed by atoms with Crippen molar-refractivity contribution in [2.45, 2.75) is 25.4 Å². The first-order chi connectivity index (χ1) is 18.7. The van der Waals surface area contributed by atoms with Gasteiger partial charge in [-0.05, 0) is 41.8 Å².